The van der Waals surface area contributed by atoms with Crippen LogP contribution in [0.3, 0.4) is 0 Å². The summed E-state index contributed by atoms with van der Waals surface area (Å²) in [6.07, 6.45) is 3.72. The molecule has 1 atom stereocenters. The number of rotatable bonds is 3. The van der Waals surface area contributed by atoms with Gasteiger partial charge in [0.05, 0.1) is 22.9 Å². The molecule has 3 N–H and O–H groups in total. The standard InChI is InChI=1S/C22H26N6O/c1-27(2)16-7-9-28(10-8-16)21-13-24-17-5-3-14(11-18(17)25-21)15-4-6-20-19(12-15)26-22(23)29-20/h3-6,11-13,16,22,26H,7-10,23H2,1-2H3. The second-order valence-electron chi connectivity index (χ2n) is 8.01. The molecule has 1 aromatic heterocycles. The summed E-state index contributed by atoms with van der Waals surface area (Å²) in [5, 5.41) is 3.13. The smallest absolute Gasteiger partial charge is 0.225 e. The van der Waals surface area contributed by atoms with Crippen LogP contribution in [-0.4, -0.2) is 54.4 Å². The molecule has 1 unspecified atom stereocenters. The summed E-state index contributed by atoms with van der Waals surface area (Å²) in [5.74, 6) is 1.74. The maximum Gasteiger partial charge on any atom is 0.225 e. The minimum Gasteiger partial charge on any atom is -0.456 e. The van der Waals surface area contributed by atoms with Crippen molar-refractivity contribution in [3.05, 3.63) is 42.6 Å². The van der Waals surface area contributed by atoms with E-state index < -0.39 is 6.35 Å². The van der Waals surface area contributed by atoms with E-state index in [1.165, 1.54) is 0 Å². The highest BCUT2D eigenvalue weighted by Crippen LogP contribution is 2.35. The zero-order chi connectivity index (χ0) is 20.0. The fourth-order valence-electron chi connectivity index (χ4n) is 4.19. The Morgan fingerprint density at radius 3 is 2.62 bits per heavy atom. The minimum absolute atomic E-state index is 0.484. The van der Waals surface area contributed by atoms with Crippen molar-refractivity contribution >= 4 is 22.5 Å². The second kappa shape index (κ2) is 7.17. The quantitative estimate of drug-likeness (QED) is 0.712. The summed E-state index contributed by atoms with van der Waals surface area (Å²) in [4.78, 5) is 14.2. The monoisotopic (exact) mass is 390 g/mol. The average Bonchev–Trinajstić information content (AvgIpc) is 3.12. The molecule has 2 aliphatic heterocycles. The Kier molecular flexibility index (Phi) is 4.49. The van der Waals surface area contributed by atoms with Gasteiger partial charge < -0.3 is 19.9 Å². The van der Waals surface area contributed by atoms with Crippen LogP contribution in [-0.2, 0) is 0 Å². The molecular weight excluding hydrogens is 364 g/mol. The summed E-state index contributed by atoms with van der Waals surface area (Å²) in [7, 11) is 4.32. The third-order valence-electron chi connectivity index (χ3n) is 5.91. The van der Waals surface area contributed by atoms with Gasteiger partial charge in [0.1, 0.15) is 11.6 Å². The summed E-state index contributed by atoms with van der Waals surface area (Å²) in [5.41, 5.74) is 10.7. The molecule has 1 fully saturated rings. The normalized spacial score (nSPS) is 19.3. The number of nitrogens with zero attached hydrogens (tertiary/aromatic N) is 4. The number of aromatic nitrogens is 2. The zero-order valence-electron chi connectivity index (χ0n) is 16.8. The van der Waals surface area contributed by atoms with E-state index in [1.54, 1.807) is 0 Å². The van der Waals surface area contributed by atoms with Crippen LogP contribution in [0.2, 0.25) is 0 Å². The third kappa shape index (κ3) is 3.47. The van der Waals surface area contributed by atoms with Gasteiger partial charge in [-0.2, -0.15) is 0 Å². The first kappa shape index (κ1) is 18.1. The molecule has 0 saturated carbocycles. The van der Waals surface area contributed by atoms with Crippen LogP contribution < -0.4 is 20.7 Å². The number of anilines is 2. The molecule has 29 heavy (non-hydrogen) atoms. The summed E-state index contributed by atoms with van der Waals surface area (Å²) < 4.78 is 5.51. The number of benzene rings is 2. The Hall–Kier alpha value is -2.90. The Bertz CT molecular complexity index is 1040. The van der Waals surface area contributed by atoms with Gasteiger partial charge in [-0.3, -0.25) is 10.7 Å². The predicted molar refractivity (Wildman–Crippen MR) is 116 cm³/mol. The van der Waals surface area contributed by atoms with Gasteiger partial charge in [0, 0.05) is 19.1 Å². The molecule has 2 aliphatic rings. The van der Waals surface area contributed by atoms with Crippen LogP contribution >= 0.6 is 0 Å². The number of ether oxygens (including phenoxy) is 1. The molecule has 0 amide bonds. The lowest BCUT2D eigenvalue weighted by molar-refractivity contribution is 0.249. The van der Waals surface area contributed by atoms with Gasteiger partial charge in [0.2, 0.25) is 6.35 Å². The molecule has 150 valence electrons. The molecular formula is C22H26N6O. The fraction of sp³-hybridized carbons (Fsp3) is 0.364. The van der Waals surface area contributed by atoms with E-state index in [0.29, 0.717) is 6.04 Å². The van der Waals surface area contributed by atoms with Crippen LogP contribution in [0.25, 0.3) is 22.2 Å². The van der Waals surface area contributed by atoms with E-state index in [9.17, 15) is 0 Å². The van der Waals surface area contributed by atoms with Gasteiger partial charge in [-0.15, -0.1) is 0 Å². The molecule has 5 rings (SSSR count). The molecule has 0 spiro atoms. The molecule has 1 saturated heterocycles. The van der Waals surface area contributed by atoms with Gasteiger partial charge in [0.15, 0.2) is 0 Å². The van der Waals surface area contributed by atoms with Gasteiger partial charge in [-0.1, -0.05) is 12.1 Å². The van der Waals surface area contributed by atoms with Crippen LogP contribution in [0.15, 0.2) is 42.6 Å². The SMILES string of the molecule is CN(C)C1CCN(c2cnc3ccc(-c4ccc5c(c4)NC(N)O5)cc3n2)CC1. The first-order valence-electron chi connectivity index (χ1n) is 10.1. The van der Waals surface area contributed by atoms with Gasteiger partial charge in [-0.25, -0.2) is 4.98 Å². The van der Waals surface area contributed by atoms with E-state index in [2.05, 4.69) is 52.4 Å². The molecule has 2 aromatic carbocycles. The summed E-state index contributed by atoms with van der Waals surface area (Å²) >= 11 is 0. The van der Waals surface area contributed by atoms with Crippen molar-refractivity contribution in [3.63, 3.8) is 0 Å². The van der Waals surface area contributed by atoms with Crippen LogP contribution in [0.4, 0.5) is 11.5 Å². The van der Waals surface area contributed by atoms with Crippen molar-refractivity contribution in [2.24, 2.45) is 5.73 Å². The Morgan fingerprint density at radius 1 is 1.07 bits per heavy atom. The maximum atomic E-state index is 5.80. The third-order valence-corrected chi connectivity index (χ3v) is 5.91. The molecule has 0 bridgehead atoms. The number of fused-ring (bicyclic) bond motifs is 2. The molecule has 3 aromatic rings. The predicted octanol–water partition coefficient (Wildman–Crippen LogP) is 2.87. The van der Waals surface area contributed by atoms with Crippen LogP contribution in [0, 0.1) is 0 Å². The van der Waals surface area contributed by atoms with Gasteiger partial charge in [0.25, 0.3) is 0 Å². The number of piperidine rings is 1. The maximum absolute atomic E-state index is 5.80. The lowest BCUT2D eigenvalue weighted by Gasteiger charge is -2.35. The van der Waals surface area contributed by atoms with Crippen molar-refractivity contribution in [3.8, 4) is 16.9 Å². The lowest BCUT2D eigenvalue weighted by Crippen LogP contribution is -2.42. The van der Waals surface area contributed by atoms with Crippen LogP contribution in [0.5, 0.6) is 5.75 Å². The summed E-state index contributed by atoms with van der Waals surface area (Å²) in [6, 6.07) is 12.9. The Morgan fingerprint density at radius 2 is 1.83 bits per heavy atom. The van der Waals surface area contributed by atoms with E-state index in [-0.39, 0.29) is 0 Å². The Balaban J connectivity index is 1.42. The largest absolute Gasteiger partial charge is 0.456 e. The molecule has 7 nitrogen and oxygen atoms in total. The topological polar surface area (TPSA) is 79.5 Å². The molecule has 7 heteroatoms. The van der Waals surface area contributed by atoms with Crippen molar-refractivity contribution in [1.82, 2.24) is 14.9 Å². The number of nitrogens with one attached hydrogen (secondary N) is 1. The highest BCUT2D eigenvalue weighted by atomic mass is 16.5. The second-order valence-corrected chi connectivity index (χ2v) is 8.01. The highest BCUT2D eigenvalue weighted by Gasteiger charge is 2.22. The first-order chi connectivity index (χ1) is 14.1. The van der Waals surface area contributed by atoms with E-state index in [0.717, 1.165) is 65.3 Å². The number of hydrogen-bond donors (Lipinski definition) is 2. The van der Waals surface area contributed by atoms with Crippen molar-refractivity contribution in [1.29, 1.82) is 0 Å². The van der Waals surface area contributed by atoms with Crippen LogP contribution in [0.1, 0.15) is 12.8 Å². The van der Waals surface area contributed by atoms with E-state index in [4.69, 9.17) is 15.5 Å². The lowest BCUT2D eigenvalue weighted by atomic mass is 10.0. The molecule has 3 heterocycles. The van der Waals surface area contributed by atoms with E-state index >= 15 is 0 Å². The minimum atomic E-state index is -0.484. The number of nitrogens with two attached hydrogens (primary N) is 1. The first-order valence-corrected chi connectivity index (χ1v) is 10.1. The Labute approximate surface area is 170 Å². The van der Waals surface area contributed by atoms with Crippen molar-refractivity contribution in [2.45, 2.75) is 25.2 Å². The van der Waals surface area contributed by atoms with Gasteiger partial charge >= 0.3 is 0 Å². The molecule has 0 radical (unpaired) electrons. The fourth-order valence-corrected chi connectivity index (χ4v) is 4.19. The van der Waals surface area contributed by atoms with Crippen molar-refractivity contribution < 1.29 is 4.74 Å². The van der Waals surface area contributed by atoms with Gasteiger partial charge in [-0.05, 0) is 62.3 Å². The van der Waals surface area contributed by atoms with E-state index in [1.807, 2.05) is 24.4 Å². The molecule has 0 aliphatic carbocycles. The average molecular weight is 390 g/mol. The number of hydrogen-bond acceptors (Lipinski definition) is 7. The highest BCUT2D eigenvalue weighted by molar-refractivity contribution is 5.83. The summed E-state index contributed by atoms with van der Waals surface area (Å²) in [6.45, 7) is 2.03. The zero-order valence-corrected chi connectivity index (χ0v) is 16.8. The van der Waals surface area contributed by atoms with Crippen molar-refractivity contribution in [2.75, 3.05) is 37.4 Å².